The van der Waals surface area contributed by atoms with Gasteiger partial charge in [-0.3, -0.25) is 9.58 Å². The number of hydrogen-bond acceptors (Lipinski definition) is 6. The van der Waals surface area contributed by atoms with Gasteiger partial charge in [-0.05, 0) is 45.4 Å². The maximum absolute atomic E-state index is 5.98. The summed E-state index contributed by atoms with van der Waals surface area (Å²) < 4.78 is 7.87. The first-order valence-electron chi connectivity index (χ1n) is 8.69. The first-order valence-corrected chi connectivity index (χ1v) is 8.69. The molecule has 4 rings (SSSR count). The summed E-state index contributed by atoms with van der Waals surface area (Å²) in [6.45, 7) is 6.06. The van der Waals surface area contributed by atoms with Crippen molar-refractivity contribution < 1.29 is 4.42 Å². The summed E-state index contributed by atoms with van der Waals surface area (Å²) in [5.41, 5.74) is 2.14. The van der Waals surface area contributed by atoms with E-state index in [0.717, 1.165) is 25.1 Å². The minimum Gasteiger partial charge on any atom is -0.419 e. The van der Waals surface area contributed by atoms with Crippen LogP contribution >= 0.6 is 0 Å². The summed E-state index contributed by atoms with van der Waals surface area (Å²) >= 11 is 0. The summed E-state index contributed by atoms with van der Waals surface area (Å²) in [6, 6.07) is 8.62. The number of likely N-dealkylation sites (tertiary alicyclic amines) is 1. The summed E-state index contributed by atoms with van der Waals surface area (Å²) in [5.74, 6) is 1.25. The molecule has 1 aromatic carbocycles. The monoisotopic (exact) mass is 338 g/mol. The molecule has 1 aliphatic heterocycles. The highest BCUT2D eigenvalue weighted by molar-refractivity contribution is 5.53. The Hall–Kier alpha value is -2.54. The lowest BCUT2D eigenvalue weighted by molar-refractivity contribution is 0.152. The van der Waals surface area contributed by atoms with Crippen LogP contribution in [0.3, 0.4) is 0 Å². The molecule has 0 aliphatic carbocycles. The average Bonchev–Trinajstić information content (AvgIpc) is 3.36. The average molecular weight is 338 g/mol. The van der Waals surface area contributed by atoms with Crippen molar-refractivity contribution in [1.82, 2.24) is 29.9 Å². The molecule has 2 aromatic heterocycles. The van der Waals surface area contributed by atoms with Crippen LogP contribution in [0.5, 0.6) is 0 Å². The molecular formula is C18H22N6O. The third kappa shape index (κ3) is 3.32. The minimum atomic E-state index is 0.0853. The summed E-state index contributed by atoms with van der Waals surface area (Å²) in [6.07, 6.45) is 5.66. The Bertz CT molecular complexity index is 828. The molecule has 1 aliphatic rings. The number of hydrogen-bond donors (Lipinski definition) is 0. The second-order valence-electron chi connectivity index (χ2n) is 6.64. The van der Waals surface area contributed by atoms with E-state index in [2.05, 4.69) is 51.2 Å². The van der Waals surface area contributed by atoms with Gasteiger partial charge in [0, 0.05) is 11.6 Å². The van der Waals surface area contributed by atoms with E-state index in [9.17, 15) is 0 Å². The molecule has 0 spiro atoms. The number of rotatable bonds is 5. The SMILES string of the molecule is Cc1cccc(-c2nnc([C@H](C)N3CCC[C@H]3Cn3cncn3)o2)c1. The number of nitrogens with zero attached hydrogens (tertiary/aromatic N) is 6. The quantitative estimate of drug-likeness (QED) is 0.712. The van der Waals surface area contributed by atoms with Crippen LogP contribution in [0.25, 0.3) is 11.5 Å². The Morgan fingerprint density at radius 2 is 2.24 bits per heavy atom. The molecule has 25 heavy (non-hydrogen) atoms. The highest BCUT2D eigenvalue weighted by atomic mass is 16.4. The number of aryl methyl sites for hydroxylation is 1. The Kier molecular flexibility index (Phi) is 4.31. The third-order valence-electron chi connectivity index (χ3n) is 4.85. The van der Waals surface area contributed by atoms with Crippen LogP contribution in [-0.4, -0.2) is 42.4 Å². The van der Waals surface area contributed by atoms with Crippen LogP contribution < -0.4 is 0 Å². The van der Waals surface area contributed by atoms with Gasteiger partial charge in [-0.25, -0.2) is 4.98 Å². The van der Waals surface area contributed by atoms with Crippen molar-refractivity contribution in [3.63, 3.8) is 0 Å². The lowest BCUT2D eigenvalue weighted by Crippen LogP contribution is -2.35. The molecule has 1 fully saturated rings. The molecule has 0 radical (unpaired) electrons. The van der Waals surface area contributed by atoms with Crippen molar-refractivity contribution >= 4 is 0 Å². The van der Waals surface area contributed by atoms with Gasteiger partial charge in [0.05, 0.1) is 12.6 Å². The summed E-state index contributed by atoms with van der Waals surface area (Å²) in [7, 11) is 0. The summed E-state index contributed by atoms with van der Waals surface area (Å²) in [4.78, 5) is 6.45. The van der Waals surface area contributed by atoms with Crippen molar-refractivity contribution in [3.8, 4) is 11.5 Å². The molecule has 3 aromatic rings. The fourth-order valence-corrected chi connectivity index (χ4v) is 3.55. The van der Waals surface area contributed by atoms with Crippen molar-refractivity contribution in [3.05, 3.63) is 48.4 Å². The van der Waals surface area contributed by atoms with Gasteiger partial charge in [-0.1, -0.05) is 17.7 Å². The Labute approximate surface area is 146 Å². The zero-order valence-electron chi connectivity index (χ0n) is 14.5. The van der Waals surface area contributed by atoms with Crippen molar-refractivity contribution in [1.29, 1.82) is 0 Å². The Morgan fingerprint density at radius 3 is 3.04 bits per heavy atom. The molecule has 1 saturated heterocycles. The van der Waals surface area contributed by atoms with Gasteiger partial charge in [0.25, 0.3) is 0 Å². The van der Waals surface area contributed by atoms with Crippen molar-refractivity contribution in [2.45, 2.75) is 45.3 Å². The smallest absolute Gasteiger partial charge is 0.247 e. The predicted molar refractivity (Wildman–Crippen MR) is 92.6 cm³/mol. The predicted octanol–water partition coefficient (Wildman–Crippen LogP) is 2.86. The molecule has 7 heteroatoms. The van der Waals surface area contributed by atoms with Crippen LogP contribution in [0.2, 0.25) is 0 Å². The van der Waals surface area contributed by atoms with E-state index in [1.54, 1.807) is 12.7 Å². The largest absolute Gasteiger partial charge is 0.419 e. The zero-order valence-corrected chi connectivity index (χ0v) is 14.5. The van der Waals surface area contributed by atoms with Gasteiger partial charge in [-0.2, -0.15) is 5.10 Å². The first-order chi connectivity index (χ1) is 12.2. The molecule has 0 bridgehead atoms. The van der Waals surface area contributed by atoms with E-state index in [1.807, 2.05) is 16.8 Å². The normalized spacial score (nSPS) is 19.4. The third-order valence-corrected chi connectivity index (χ3v) is 4.85. The highest BCUT2D eigenvalue weighted by Gasteiger charge is 2.32. The molecule has 0 N–H and O–H groups in total. The van der Waals surface area contributed by atoms with E-state index < -0.39 is 0 Å². The molecule has 0 amide bonds. The second kappa shape index (κ2) is 6.76. The van der Waals surface area contributed by atoms with Gasteiger partial charge in [0.15, 0.2) is 0 Å². The summed E-state index contributed by atoms with van der Waals surface area (Å²) in [5, 5.41) is 12.8. The van der Waals surface area contributed by atoms with Crippen LogP contribution in [0.15, 0.2) is 41.3 Å². The number of benzene rings is 1. The highest BCUT2D eigenvalue weighted by Crippen LogP contribution is 2.30. The van der Waals surface area contributed by atoms with Gasteiger partial charge >= 0.3 is 0 Å². The maximum Gasteiger partial charge on any atom is 0.247 e. The molecule has 0 unspecified atom stereocenters. The van der Waals surface area contributed by atoms with E-state index in [0.29, 0.717) is 17.8 Å². The van der Waals surface area contributed by atoms with E-state index >= 15 is 0 Å². The van der Waals surface area contributed by atoms with Gasteiger partial charge in [0.1, 0.15) is 12.7 Å². The molecule has 2 atom stereocenters. The lowest BCUT2D eigenvalue weighted by Gasteiger charge is -2.28. The Morgan fingerprint density at radius 1 is 1.32 bits per heavy atom. The maximum atomic E-state index is 5.98. The fraction of sp³-hybridized carbons (Fsp3) is 0.444. The molecule has 0 saturated carbocycles. The molecule has 130 valence electrons. The fourth-order valence-electron chi connectivity index (χ4n) is 3.55. The minimum absolute atomic E-state index is 0.0853. The number of aromatic nitrogens is 5. The second-order valence-corrected chi connectivity index (χ2v) is 6.64. The first kappa shape index (κ1) is 16.0. The van der Waals surface area contributed by atoms with E-state index in [-0.39, 0.29) is 6.04 Å². The van der Waals surface area contributed by atoms with Crippen LogP contribution in [0, 0.1) is 6.92 Å². The van der Waals surface area contributed by atoms with Crippen molar-refractivity contribution in [2.75, 3.05) is 6.54 Å². The molecular weight excluding hydrogens is 316 g/mol. The van der Waals surface area contributed by atoms with Gasteiger partial charge in [0.2, 0.25) is 11.8 Å². The molecule has 3 heterocycles. The zero-order chi connectivity index (χ0) is 17.2. The van der Waals surface area contributed by atoms with E-state index in [1.165, 1.54) is 12.0 Å². The Balaban J connectivity index is 1.51. The van der Waals surface area contributed by atoms with E-state index in [4.69, 9.17) is 4.42 Å². The standard InChI is InChI=1S/C18H22N6O/c1-13-5-3-6-15(9-13)18-22-21-17(25-18)14(2)24-8-4-7-16(24)10-23-12-19-11-20-23/h3,5-6,9,11-12,14,16H,4,7-8,10H2,1-2H3/t14-,16-/m0/s1. The van der Waals surface area contributed by atoms with Crippen molar-refractivity contribution in [2.24, 2.45) is 0 Å². The van der Waals surface area contributed by atoms with Crippen LogP contribution in [-0.2, 0) is 6.54 Å². The van der Waals surface area contributed by atoms with Crippen LogP contribution in [0.4, 0.5) is 0 Å². The van der Waals surface area contributed by atoms with Crippen LogP contribution in [0.1, 0.15) is 37.3 Å². The topological polar surface area (TPSA) is 72.9 Å². The van der Waals surface area contributed by atoms with Gasteiger partial charge in [-0.15, -0.1) is 10.2 Å². The van der Waals surface area contributed by atoms with Gasteiger partial charge < -0.3 is 4.42 Å². The lowest BCUT2D eigenvalue weighted by atomic mass is 10.1. The molecule has 7 nitrogen and oxygen atoms in total.